The zero-order chi connectivity index (χ0) is 8.48. The second-order valence-corrected chi connectivity index (χ2v) is 5.33. The van der Waals surface area contributed by atoms with Gasteiger partial charge >= 0.3 is 0 Å². The minimum atomic E-state index is 0.550. The van der Waals surface area contributed by atoms with E-state index >= 15 is 0 Å². The quantitative estimate of drug-likeness (QED) is 0.497. The molecule has 2 unspecified atom stereocenters. The molecule has 0 nitrogen and oxygen atoms in total. The molecule has 0 N–H and O–H groups in total. The van der Waals surface area contributed by atoms with Gasteiger partial charge in [0.25, 0.3) is 0 Å². The summed E-state index contributed by atoms with van der Waals surface area (Å²) in [6.07, 6.45) is 5.85. The molecule has 0 bridgehead atoms. The summed E-state index contributed by atoms with van der Waals surface area (Å²) in [7, 11) is 0. The number of hydrogen-bond acceptors (Lipinski definition) is 0. The summed E-state index contributed by atoms with van der Waals surface area (Å²) in [5, 5.41) is 0. The molecule has 0 heteroatoms. The molecule has 0 aromatic carbocycles. The monoisotopic (exact) mass is 154 g/mol. The lowest BCUT2D eigenvalue weighted by Gasteiger charge is -2.36. The summed E-state index contributed by atoms with van der Waals surface area (Å²) in [6, 6.07) is 0. The first kappa shape index (κ1) is 9.09. The maximum absolute atomic E-state index is 2.40. The van der Waals surface area contributed by atoms with Gasteiger partial charge in [-0.2, -0.15) is 0 Å². The van der Waals surface area contributed by atoms with Crippen LogP contribution in [0.2, 0.25) is 0 Å². The van der Waals surface area contributed by atoms with Crippen LogP contribution >= 0.6 is 0 Å². The second-order valence-electron chi connectivity index (χ2n) is 5.33. The van der Waals surface area contributed by atoms with Crippen molar-refractivity contribution < 1.29 is 0 Å². The minimum Gasteiger partial charge on any atom is -0.0625 e. The Hall–Kier alpha value is 0. The third kappa shape index (κ3) is 2.50. The molecule has 1 aliphatic rings. The first-order valence-corrected chi connectivity index (χ1v) is 5.00. The molecule has 0 radical (unpaired) electrons. The molecule has 1 rings (SSSR count). The Balaban J connectivity index is 2.46. The smallest absolute Gasteiger partial charge is 0.0354 e. The molecule has 0 aliphatic heterocycles. The highest BCUT2D eigenvalue weighted by Gasteiger charge is 2.28. The Morgan fingerprint density at radius 2 is 1.73 bits per heavy atom. The van der Waals surface area contributed by atoms with Gasteiger partial charge in [-0.25, -0.2) is 0 Å². The summed E-state index contributed by atoms with van der Waals surface area (Å²) < 4.78 is 0. The van der Waals surface area contributed by atoms with E-state index < -0.39 is 0 Å². The Kier molecular flexibility index (Phi) is 2.61. The highest BCUT2D eigenvalue weighted by Crippen LogP contribution is 2.39. The first-order valence-electron chi connectivity index (χ1n) is 5.00. The molecule has 2 atom stereocenters. The molecule has 0 amide bonds. The average molecular weight is 154 g/mol. The van der Waals surface area contributed by atoms with Gasteiger partial charge in [-0.05, 0) is 30.1 Å². The fraction of sp³-hybridized carbons (Fsp3) is 1.00. The van der Waals surface area contributed by atoms with Gasteiger partial charge in [0.2, 0.25) is 0 Å². The SMILES string of the molecule is CC1CCCC(C(C)(C)C)C1. The molecular weight excluding hydrogens is 132 g/mol. The molecule has 1 saturated carbocycles. The van der Waals surface area contributed by atoms with Crippen molar-refractivity contribution in [2.45, 2.75) is 53.4 Å². The van der Waals surface area contributed by atoms with Crippen molar-refractivity contribution in [3.05, 3.63) is 0 Å². The standard InChI is InChI=1S/C11H22/c1-9-6-5-7-10(8-9)11(2,3)4/h9-10H,5-8H2,1-4H3. The van der Waals surface area contributed by atoms with Gasteiger partial charge in [0.1, 0.15) is 0 Å². The highest BCUT2D eigenvalue weighted by atomic mass is 14.3. The summed E-state index contributed by atoms with van der Waals surface area (Å²) in [5.41, 5.74) is 0.550. The van der Waals surface area contributed by atoms with Gasteiger partial charge in [0, 0.05) is 0 Å². The van der Waals surface area contributed by atoms with Crippen LogP contribution in [0.3, 0.4) is 0 Å². The number of rotatable bonds is 0. The van der Waals surface area contributed by atoms with E-state index in [-0.39, 0.29) is 0 Å². The molecule has 0 aromatic heterocycles. The van der Waals surface area contributed by atoms with Gasteiger partial charge < -0.3 is 0 Å². The van der Waals surface area contributed by atoms with Crippen LogP contribution in [0, 0.1) is 17.3 Å². The van der Waals surface area contributed by atoms with E-state index in [2.05, 4.69) is 27.7 Å². The summed E-state index contributed by atoms with van der Waals surface area (Å²) in [4.78, 5) is 0. The molecule has 1 fully saturated rings. The van der Waals surface area contributed by atoms with Crippen LogP contribution in [-0.4, -0.2) is 0 Å². The van der Waals surface area contributed by atoms with Crippen molar-refractivity contribution >= 4 is 0 Å². The normalized spacial score (nSPS) is 33.8. The van der Waals surface area contributed by atoms with Crippen LogP contribution in [0.15, 0.2) is 0 Å². The van der Waals surface area contributed by atoms with Gasteiger partial charge in [0.15, 0.2) is 0 Å². The summed E-state index contributed by atoms with van der Waals surface area (Å²) in [5.74, 6) is 1.96. The van der Waals surface area contributed by atoms with Crippen LogP contribution in [0.25, 0.3) is 0 Å². The van der Waals surface area contributed by atoms with Crippen LogP contribution < -0.4 is 0 Å². The predicted octanol–water partition coefficient (Wildman–Crippen LogP) is 3.86. The Morgan fingerprint density at radius 3 is 2.09 bits per heavy atom. The molecule has 0 saturated heterocycles. The fourth-order valence-electron chi connectivity index (χ4n) is 2.22. The summed E-state index contributed by atoms with van der Waals surface area (Å²) >= 11 is 0. The van der Waals surface area contributed by atoms with Gasteiger partial charge in [-0.3, -0.25) is 0 Å². The van der Waals surface area contributed by atoms with E-state index in [0.717, 1.165) is 11.8 Å². The van der Waals surface area contributed by atoms with Crippen LogP contribution in [0.1, 0.15) is 53.4 Å². The van der Waals surface area contributed by atoms with Gasteiger partial charge in [-0.15, -0.1) is 0 Å². The zero-order valence-corrected chi connectivity index (χ0v) is 8.48. The van der Waals surface area contributed by atoms with Crippen molar-refractivity contribution in [2.75, 3.05) is 0 Å². The third-order valence-electron chi connectivity index (χ3n) is 3.16. The predicted molar refractivity (Wildman–Crippen MR) is 50.6 cm³/mol. The maximum Gasteiger partial charge on any atom is -0.0354 e. The van der Waals surface area contributed by atoms with Crippen molar-refractivity contribution in [3.63, 3.8) is 0 Å². The lowest BCUT2D eigenvalue weighted by atomic mass is 9.69. The van der Waals surface area contributed by atoms with Gasteiger partial charge in [-0.1, -0.05) is 40.5 Å². The van der Waals surface area contributed by atoms with Crippen molar-refractivity contribution in [3.8, 4) is 0 Å². The Morgan fingerprint density at radius 1 is 1.09 bits per heavy atom. The van der Waals surface area contributed by atoms with E-state index in [4.69, 9.17) is 0 Å². The number of hydrogen-bond donors (Lipinski definition) is 0. The zero-order valence-electron chi connectivity index (χ0n) is 8.48. The van der Waals surface area contributed by atoms with E-state index in [0.29, 0.717) is 5.41 Å². The second kappa shape index (κ2) is 3.16. The molecule has 66 valence electrons. The van der Waals surface area contributed by atoms with Crippen LogP contribution in [0.5, 0.6) is 0 Å². The van der Waals surface area contributed by atoms with E-state index in [9.17, 15) is 0 Å². The molecule has 0 heterocycles. The molecule has 11 heavy (non-hydrogen) atoms. The van der Waals surface area contributed by atoms with Gasteiger partial charge in [0.05, 0.1) is 0 Å². The van der Waals surface area contributed by atoms with Crippen molar-refractivity contribution in [1.29, 1.82) is 0 Å². The van der Waals surface area contributed by atoms with Crippen LogP contribution in [0.4, 0.5) is 0 Å². The Bertz CT molecular complexity index is 118. The Labute approximate surface area is 71.4 Å². The lowest BCUT2D eigenvalue weighted by molar-refractivity contribution is 0.148. The van der Waals surface area contributed by atoms with Crippen molar-refractivity contribution in [2.24, 2.45) is 17.3 Å². The van der Waals surface area contributed by atoms with E-state index in [1.807, 2.05) is 0 Å². The molecular formula is C11H22. The first-order chi connectivity index (χ1) is 5.00. The average Bonchev–Trinajstić information content (AvgIpc) is 1.86. The molecule has 1 aliphatic carbocycles. The van der Waals surface area contributed by atoms with E-state index in [1.54, 1.807) is 0 Å². The topological polar surface area (TPSA) is 0 Å². The molecule has 0 aromatic rings. The lowest BCUT2D eigenvalue weighted by Crippen LogP contribution is -2.25. The maximum atomic E-state index is 2.40. The largest absolute Gasteiger partial charge is 0.0625 e. The fourth-order valence-corrected chi connectivity index (χ4v) is 2.22. The molecule has 0 spiro atoms. The third-order valence-corrected chi connectivity index (χ3v) is 3.16. The highest BCUT2D eigenvalue weighted by molar-refractivity contribution is 4.79. The van der Waals surface area contributed by atoms with E-state index in [1.165, 1.54) is 25.7 Å². The van der Waals surface area contributed by atoms with Crippen molar-refractivity contribution in [1.82, 2.24) is 0 Å². The summed E-state index contributed by atoms with van der Waals surface area (Å²) in [6.45, 7) is 9.55. The minimum absolute atomic E-state index is 0.550. The van der Waals surface area contributed by atoms with Crippen LogP contribution in [-0.2, 0) is 0 Å².